The summed E-state index contributed by atoms with van der Waals surface area (Å²) >= 11 is 4.57. The Labute approximate surface area is 216 Å². The molecule has 0 radical (unpaired) electrons. The molecule has 176 valence electrons. The zero-order chi connectivity index (χ0) is 24.8. The second-order valence-electron chi connectivity index (χ2n) is 7.82. The van der Waals surface area contributed by atoms with Crippen molar-refractivity contribution in [1.29, 1.82) is 0 Å². The number of hydrogen-bond acceptors (Lipinski definition) is 3. The Morgan fingerprint density at radius 3 is 2.23 bits per heavy atom. The fourth-order valence-electron chi connectivity index (χ4n) is 3.47. The summed E-state index contributed by atoms with van der Waals surface area (Å²) in [6.45, 7) is 1.89. The van der Waals surface area contributed by atoms with Gasteiger partial charge in [-0.1, -0.05) is 64.5 Å². The first kappa shape index (κ1) is 24.7. The number of amides is 2. The zero-order valence-corrected chi connectivity index (χ0v) is 21.2. The van der Waals surface area contributed by atoms with Crippen LogP contribution in [0.5, 0.6) is 0 Å². The summed E-state index contributed by atoms with van der Waals surface area (Å²) in [5.41, 5.74) is 3.08. The molecule has 0 aliphatic rings. The Balaban J connectivity index is 1.50. The van der Waals surface area contributed by atoms with Crippen LogP contribution in [-0.2, 0) is 4.79 Å². The summed E-state index contributed by atoms with van der Waals surface area (Å²) < 4.78 is 14.9. The van der Waals surface area contributed by atoms with Crippen LogP contribution >= 0.6 is 27.7 Å². The predicted octanol–water partition coefficient (Wildman–Crippen LogP) is 7.62. The minimum absolute atomic E-state index is 0.119. The molecule has 0 saturated heterocycles. The van der Waals surface area contributed by atoms with E-state index in [1.54, 1.807) is 24.3 Å². The van der Waals surface area contributed by atoms with Gasteiger partial charge < -0.3 is 10.6 Å². The molecule has 35 heavy (non-hydrogen) atoms. The Bertz CT molecular complexity index is 1350. The van der Waals surface area contributed by atoms with Crippen LogP contribution in [0.15, 0.2) is 106 Å². The number of carbonyl (C=O) groups is 2. The average molecular weight is 549 g/mol. The molecular formula is C28H22BrFN2O2S. The predicted molar refractivity (Wildman–Crippen MR) is 143 cm³/mol. The van der Waals surface area contributed by atoms with Crippen LogP contribution in [0.1, 0.15) is 26.7 Å². The highest BCUT2D eigenvalue weighted by Crippen LogP contribution is 2.37. The van der Waals surface area contributed by atoms with Gasteiger partial charge in [0, 0.05) is 20.6 Å². The molecule has 4 rings (SSSR count). The van der Waals surface area contributed by atoms with E-state index < -0.39 is 11.1 Å². The van der Waals surface area contributed by atoms with E-state index in [0.717, 1.165) is 16.0 Å². The van der Waals surface area contributed by atoms with Crippen LogP contribution in [0.4, 0.5) is 15.8 Å². The number of rotatable bonds is 7. The van der Waals surface area contributed by atoms with Gasteiger partial charge in [0.05, 0.1) is 5.69 Å². The van der Waals surface area contributed by atoms with Crippen LogP contribution in [0, 0.1) is 12.7 Å². The Morgan fingerprint density at radius 2 is 1.54 bits per heavy atom. The normalized spacial score (nSPS) is 11.5. The number of benzene rings is 4. The van der Waals surface area contributed by atoms with Gasteiger partial charge in [0.2, 0.25) is 5.91 Å². The largest absolute Gasteiger partial charge is 0.322 e. The molecule has 0 fully saturated rings. The van der Waals surface area contributed by atoms with Gasteiger partial charge in [0.15, 0.2) is 0 Å². The minimum atomic E-state index is -0.605. The van der Waals surface area contributed by atoms with Crippen LogP contribution < -0.4 is 10.6 Å². The lowest BCUT2D eigenvalue weighted by Crippen LogP contribution is -2.19. The van der Waals surface area contributed by atoms with Crippen molar-refractivity contribution in [3.63, 3.8) is 0 Å². The molecule has 0 aliphatic heterocycles. The Morgan fingerprint density at radius 1 is 0.857 bits per heavy atom. The van der Waals surface area contributed by atoms with E-state index >= 15 is 0 Å². The quantitative estimate of drug-likeness (QED) is 0.233. The van der Waals surface area contributed by atoms with Crippen molar-refractivity contribution in [3.8, 4) is 0 Å². The van der Waals surface area contributed by atoms with E-state index in [9.17, 15) is 14.0 Å². The average Bonchev–Trinajstić information content (AvgIpc) is 2.86. The van der Waals surface area contributed by atoms with Crippen LogP contribution in [0.25, 0.3) is 0 Å². The van der Waals surface area contributed by atoms with Gasteiger partial charge in [-0.25, -0.2) is 4.39 Å². The summed E-state index contributed by atoms with van der Waals surface area (Å²) in [6.07, 6.45) is 0. The van der Waals surface area contributed by atoms with Gasteiger partial charge in [0.1, 0.15) is 11.1 Å². The number of carbonyl (C=O) groups excluding carboxylic acids is 2. The van der Waals surface area contributed by atoms with E-state index in [4.69, 9.17) is 0 Å². The Hall–Kier alpha value is -3.42. The van der Waals surface area contributed by atoms with Gasteiger partial charge in [-0.2, -0.15) is 0 Å². The summed E-state index contributed by atoms with van der Waals surface area (Å²) in [5, 5.41) is 5.00. The summed E-state index contributed by atoms with van der Waals surface area (Å²) in [6, 6.07) is 28.5. The highest BCUT2D eigenvalue weighted by atomic mass is 79.9. The van der Waals surface area contributed by atoms with Gasteiger partial charge in [-0.15, -0.1) is 11.8 Å². The first-order chi connectivity index (χ1) is 16.9. The molecule has 0 spiro atoms. The molecule has 4 aromatic rings. The molecule has 2 N–H and O–H groups in total. The first-order valence-electron chi connectivity index (χ1n) is 10.9. The monoisotopic (exact) mass is 548 g/mol. The van der Waals surface area contributed by atoms with Crippen LogP contribution in [0.2, 0.25) is 0 Å². The second-order valence-corrected chi connectivity index (χ2v) is 9.91. The molecule has 1 atom stereocenters. The molecule has 0 bridgehead atoms. The third-order valence-corrected chi connectivity index (χ3v) is 7.04. The standard InChI is InChI=1S/C28H22BrFN2O2S/c1-18-7-5-6-10-23(18)27(33)31-21-12-14-22(15-13-21)35-26(19-8-3-2-4-9-19)28(34)32-25-16-11-20(29)17-24(25)30/h2-17,26H,1H3,(H,31,33)(H,32,34). The summed E-state index contributed by atoms with van der Waals surface area (Å²) in [7, 11) is 0. The van der Waals surface area contributed by atoms with Gasteiger partial charge in [0.25, 0.3) is 5.91 Å². The van der Waals surface area contributed by atoms with E-state index in [1.807, 2.05) is 67.6 Å². The molecule has 0 aliphatic carbocycles. The number of hydrogen-bond donors (Lipinski definition) is 2. The van der Waals surface area contributed by atoms with Gasteiger partial charge >= 0.3 is 0 Å². The number of halogens is 2. The fraction of sp³-hybridized carbons (Fsp3) is 0.0714. The smallest absolute Gasteiger partial charge is 0.255 e. The van der Waals surface area contributed by atoms with Crippen LogP contribution in [0.3, 0.4) is 0 Å². The maximum atomic E-state index is 14.3. The first-order valence-corrected chi connectivity index (χ1v) is 12.5. The minimum Gasteiger partial charge on any atom is -0.322 e. The lowest BCUT2D eigenvalue weighted by atomic mass is 10.1. The highest BCUT2D eigenvalue weighted by molar-refractivity contribution is 9.10. The highest BCUT2D eigenvalue weighted by Gasteiger charge is 2.23. The lowest BCUT2D eigenvalue weighted by Gasteiger charge is -2.18. The maximum absolute atomic E-state index is 14.3. The second kappa shape index (κ2) is 11.3. The molecule has 4 nitrogen and oxygen atoms in total. The van der Waals surface area contributed by atoms with E-state index in [-0.39, 0.29) is 17.5 Å². The number of thioether (sulfide) groups is 1. The summed E-state index contributed by atoms with van der Waals surface area (Å²) in [5.74, 6) is -1.03. The number of anilines is 2. The topological polar surface area (TPSA) is 58.2 Å². The third-order valence-electron chi connectivity index (χ3n) is 5.29. The van der Waals surface area contributed by atoms with E-state index in [0.29, 0.717) is 15.7 Å². The zero-order valence-electron chi connectivity index (χ0n) is 18.8. The molecular weight excluding hydrogens is 527 g/mol. The van der Waals surface area contributed by atoms with E-state index in [1.165, 1.54) is 23.9 Å². The molecule has 2 amide bonds. The van der Waals surface area contributed by atoms with Gasteiger partial charge in [-0.3, -0.25) is 9.59 Å². The van der Waals surface area contributed by atoms with Crippen molar-refractivity contribution >= 4 is 50.9 Å². The number of nitrogens with one attached hydrogen (secondary N) is 2. The van der Waals surface area contributed by atoms with Gasteiger partial charge in [-0.05, 0) is 66.6 Å². The Kier molecular flexibility index (Phi) is 8.00. The molecule has 0 heterocycles. The van der Waals surface area contributed by atoms with Crippen molar-refractivity contribution in [2.75, 3.05) is 10.6 Å². The summed E-state index contributed by atoms with van der Waals surface area (Å²) in [4.78, 5) is 26.6. The maximum Gasteiger partial charge on any atom is 0.255 e. The fourth-order valence-corrected chi connectivity index (χ4v) is 4.83. The van der Waals surface area contributed by atoms with Crippen LogP contribution in [-0.4, -0.2) is 11.8 Å². The molecule has 0 aromatic heterocycles. The SMILES string of the molecule is Cc1ccccc1C(=O)Nc1ccc(SC(C(=O)Nc2ccc(Br)cc2F)c2ccccc2)cc1. The van der Waals surface area contributed by atoms with Crippen molar-refractivity contribution in [3.05, 3.63) is 124 Å². The number of aryl methyl sites for hydroxylation is 1. The molecule has 4 aromatic carbocycles. The molecule has 0 saturated carbocycles. The lowest BCUT2D eigenvalue weighted by molar-refractivity contribution is -0.115. The van der Waals surface area contributed by atoms with Crippen molar-refractivity contribution in [2.24, 2.45) is 0 Å². The molecule has 1 unspecified atom stereocenters. The third kappa shape index (κ3) is 6.38. The molecule has 7 heteroatoms. The van der Waals surface area contributed by atoms with E-state index in [2.05, 4.69) is 26.6 Å². The van der Waals surface area contributed by atoms with Crippen molar-refractivity contribution < 1.29 is 14.0 Å². The van der Waals surface area contributed by atoms with Crippen molar-refractivity contribution in [1.82, 2.24) is 0 Å². The van der Waals surface area contributed by atoms with Crippen molar-refractivity contribution in [2.45, 2.75) is 17.1 Å².